The lowest BCUT2D eigenvalue weighted by atomic mass is 10.2. The first kappa shape index (κ1) is 16.8. The van der Waals surface area contributed by atoms with Crippen molar-refractivity contribution in [2.75, 3.05) is 13.7 Å². The predicted molar refractivity (Wildman–Crippen MR) is 78.0 cm³/mol. The molecule has 1 aromatic rings. The summed E-state index contributed by atoms with van der Waals surface area (Å²) in [5.41, 5.74) is -0.0382. The third kappa shape index (κ3) is 4.98. The van der Waals surface area contributed by atoms with E-state index in [0.29, 0.717) is 0 Å². The van der Waals surface area contributed by atoms with Gasteiger partial charge < -0.3 is 19.9 Å². The number of amides is 1. The van der Waals surface area contributed by atoms with Gasteiger partial charge >= 0.3 is 5.97 Å². The molecule has 1 rings (SSSR count). The van der Waals surface area contributed by atoms with Crippen LogP contribution in [0.1, 0.15) is 37.0 Å². The van der Waals surface area contributed by atoms with Gasteiger partial charge in [-0.05, 0) is 25.5 Å². The maximum atomic E-state index is 11.8. The summed E-state index contributed by atoms with van der Waals surface area (Å²) in [6, 6.07) is 4.60. The molecule has 6 nitrogen and oxygen atoms in total. The highest BCUT2D eigenvalue weighted by atomic mass is 16.5. The van der Waals surface area contributed by atoms with E-state index in [1.165, 1.54) is 13.2 Å². The van der Waals surface area contributed by atoms with Gasteiger partial charge in [-0.2, -0.15) is 0 Å². The van der Waals surface area contributed by atoms with Crippen LogP contribution < -0.4 is 14.8 Å². The first-order valence-corrected chi connectivity index (χ1v) is 6.82. The summed E-state index contributed by atoms with van der Waals surface area (Å²) in [7, 11) is 1.41. The summed E-state index contributed by atoms with van der Waals surface area (Å²) in [5.74, 6) is -1.09. The van der Waals surface area contributed by atoms with E-state index in [-0.39, 0.29) is 35.6 Å². The molecule has 0 bridgehead atoms. The lowest BCUT2D eigenvalue weighted by Crippen LogP contribution is -2.36. The standard InChI is InChI=1S/C15H21NO5/c1-4-6-10(2)16-13(17)9-21-14-11(15(18)19)7-5-8-12(14)20-3/h5,7-8,10H,4,6,9H2,1-3H3,(H,16,17)(H,18,19). The Kier molecular flexibility index (Phi) is 6.52. The minimum absolute atomic E-state index is 0.0382. The molecular formula is C15H21NO5. The molecule has 1 unspecified atom stereocenters. The molecule has 0 aromatic heterocycles. The highest BCUT2D eigenvalue weighted by molar-refractivity contribution is 5.92. The van der Waals surface area contributed by atoms with Gasteiger partial charge in [0.05, 0.1) is 7.11 Å². The fourth-order valence-corrected chi connectivity index (χ4v) is 1.95. The van der Waals surface area contributed by atoms with E-state index >= 15 is 0 Å². The van der Waals surface area contributed by atoms with Gasteiger partial charge in [-0.25, -0.2) is 4.79 Å². The second kappa shape index (κ2) is 8.14. The van der Waals surface area contributed by atoms with E-state index in [0.717, 1.165) is 12.8 Å². The molecule has 1 atom stereocenters. The van der Waals surface area contributed by atoms with E-state index in [1.54, 1.807) is 12.1 Å². The van der Waals surface area contributed by atoms with Crippen LogP contribution in [0.5, 0.6) is 11.5 Å². The molecule has 0 saturated carbocycles. The largest absolute Gasteiger partial charge is 0.493 e. The van der Waals surface area contributed by atoms with Crippen molar-refractivity contribution in [1.29, 1.82) is 0 Å². The monoisotopic (exact) mass is 295 g/mol. The maximum Gasteiger partial charge on any atom is 0.339 e. The van der Waals surface area contributed by atoms with Crippen LogP contribution in [0.15, 0.2) is 18.2 Å². The number of hydrogen-bond acceptors (Lipinski definition) is 4. The van der Waals surface area contributed by atoms with E-state index in [9.17, 15) is 9.59 Å². The number of carboxylic acids is 1. The van der Waals surface area contributed by atoms with Crippen molar-refractivity contribution in [3.8, 4) is 11.5 Å². The number of carboxylic acid groups (broad SMARTS) is 1. The van der Waals surface area contributed by atoms with Gasteiger partial charge in [-0.3, -0.25) is 4.79 Å². The van der Waals surface area contributed by atoms with Gasteiger partial charge in [-0.1, -0.05) is 19.4 Å². The smallest absolute Gasteiger partial charge is 0.339 e. The van der Waals surface area contributed by atoms with Crippen molar-refractivity contribution in [2.45, 2.75) is 32.7 Å². The molecule has 0 spiro atoms. The summed E-state index contributed by atoms with van der Waals surface area (Å²) < 4.78 is 10.4. The summed E-state index contributed by atoms with van der Waals surface area (Å²) >= 11 is 0. The minimum atomic E-state index is -1.14. The lowest BCUT2D eigenvalue weighted by molar-refractivity contribution is -0.123. The molecule has 2 N–H and O–H groups in total. The average Bonchev–Trinajstić information content (AvgIpc) is 2.44. The van der Waals surface area contributed by atoms with E-state index in [1.807, 2.05) is 13.8 Å². The van der Waals surface area contributed by atoms with Crippen molar-refractivity contribution in [3.05, 3.63) is 23.8 Å². The summed E-state index contributed by atoms with van der Waals surface area (Å²) in [6.45, 7) is 3.69. The summed E-state index contributed by atoms with van der Waals surface area (Å²) in [6.07, 6.45) is 1.85. The highest BCUT2D eigenvalue weighted by Gasteiger charge is 2.17. The molecule has 6 heteroatoms. The first-order valence-electron chi connectivity index (χ1n) is 6.82. The molecule has 116 valence electrons. The number of carbonyl (C=O) groups excluding carboxylic acids is 1. The number of hydrogen-bond donors (Lipinski definition) is 2. The van der Waals surface area contributed by atoms with Gasteiger partial charge in [-0.15, -0.1) is 0 Å². The number of carbonyl (C=O) groups is 2. The molecule has 0 radical (unpaired) electrons. The molecule has 0 saturated heterocycles. The van der Waals surface area contributed by atoms with Gasteiger partial charge in [0.15, 0.2) is 18.1 Å². The summed E-state index contributed by atoms with van der Waals surface area (Å²) in [4.78, 5) is 22.9. The zero-order valence-corrected chi connectivity index (χ0v) is 12.5. The number of nitrogens with one attached hydrogen (secondary N) is 1. The fourth-order valence-electron chi connectivity index (χ4n) is 1.95. The van der Waals surface area contributed by atoms with Crippen LogP contribution in [-0.2, 0) is 4.79 Å². The Morgan fingerprint density at radius 3 is 2.67 bits per heavy atom. The zero-order chi connectivity index (χ0) is 15.8. The average molecular weight is 295 g/mol. The normalized spacial score (nSPS) is 11.6. The molecular weight excluding hydrogens is 274 g/mol. The van der Waals surface area contributed by atoms with Gasteiger partial charge in [0, 0.05) is 6.04 Å². The van der Waals surface area contributed by atoms with Crippen LogP contribution in [0.25, 0.3) is 0 Å². The highest BCUT2D eigenvalue weighted by Crippen LogP contribution is 2.30. The number of para-hydroxylation sites is 1. The molecule has 0 aliphatic carbocycles. The van der Waals surface area contributed by atoms with Gasteiger partial charge in [0.1, 0.15) is 5.56 Å². The minimum Gasteiger partial charge on any atom is -0.493 e. The van der Waals surface area contributed by atoms with Crippen LogP contribution in [0.4, 0.5) is 0 Å². The SMILES string of the molecule is CCCC(C)NC(=O)COc1c(OC)cccc1C(=O)O. The van der Waals surface area contributed by atoms with Crippen LogP contribution in [0.3, 0.4) is 0 Å². The summed E-state index contributed by atoms with van der Waals surface area (Å²) in [5, 5.41) is 11.9. The van der Waals surface area contributed by atoms with Crippen molar-refractivity contribution < 1.29 is 24.2 Å². The maximum absolute atomic E-state index is 11.8. The van der Waals surface area contributed by atoms with Crippen molar-refractivity contribution in [1.82, 2.24) is 5.32 Å². The van der Waals surface area contributed by atoms with Crippen LogP contribution >= 0.6 is 0 Å². The fraction of sp³-hybridized carbons (Fsp3) is 0.467. The van der Waals surface area contributed by atoms with Crippen LogP contribution in [0, 0.1) is 0 Å². The molecule has 1 amide bonds. The Morgan fingerprint density at radius 1 is 1.38 bits per heavy atom. The van der Waals surface area contributed by atoms with Crippen LogP contribution in [0.2, 0.25) is 0 Å². The Labute approximate surface area is 124 Å². The number of methoxy groups -OCH3 is 1. The van der Waals surface area contributed by atoms with E-state index in [2.05, 4.69) is 5.32 Å². The third-order valence-corrected chi connectivity index (χ3v) is 2.91. The molecule has 0 aliphatic heterocycles. The van der Waals surface area contributed by atoms with Crippen molar-refractivity contribution >= 4 is 11.9 Å². The second-order valence-electron chi connectivity index (χ2n) is 4.69. The molecule has 0 fully saturated rings. The van der Waals surface area contributed by atoms with Gasteiger partial charge in [0.25, 0.3) is 5.91 Å². The van der Waals surface area contributed by atoms with E-state index < -0.39 is 5.97 Å². The number of aromatic carboxylic acids is 1. The predicted octanol–water partition coefficient (Wildman–Crippen LogP) is 2.08. The quantitative estimate of drug-likeness (QED) is 0.767. The first-order chi connectivity index (χ1) is 9.99. The lowest BCUT2D eigenvalue weighted by Gasteiger charge is -2.15. The Morgan fingerprint density at radius 2 is 2.10 bits per heavy atom. The number of benzene rings is 1. The molecule has 0 heterocycles. The van der Waals surface area contributed by atoms with Crippen LogP contribution in [-0.4, -0.2) is 36.7 Å². The topological polar surface area (TPSA) is 84.9 Å². The van der Waals surface area contributed by atoms with Gasteiger partial charge in [0.2, 0.25) is 0 Å². The molecule has 0 aliphatic rings. The third-order valence-electron chi connectivity index (χ3n) is 2.91. The van der Waals surface area contributed by atoms with Crippen molar-refractivity contribution in [2.24, 2.45) is 0 Å². The Bertz CT molecular complexity index is 501. The molecule has 1 aromatic carbocycles. The number of rotatable bonds is 8. The molecule has 21 heavy (non-hydrogen) atoms. The van der Waals surface area contributed by atoms with E-state index in [4.69, 9.17) is 14.6 Å². The second-order valence-corrected chi connectivity index (χ2v) is 4.69. The Hall–Kier alpha value is -2.24. The zero-order valence-electron chi connectivity index (χ0n) is 12.5. The Balaban J connectivity index is 2.74. The van der Waals surface area contributed by atoms with Crippen molar-refractivity contribution in [3.63, 3.8) is 0 Å². The number of ether oxygens (including phenoxy) is 2.